The summed E-state index contributed by atoms with van der Waals surface area (Å²) >= 11 is 0. The number of likely N-dealkylation sites (N-methyl/N-ethyl adjacent to an activating group) is 1. The Morgan fingerprint density at radius 1 is 0.760 bits per heavy atom. The fraction of sp³-hybridized carbons (Fsp3) is 1.00. The molecule has 0 bridgehead atoms. The van der Waals surface area contributed by atoms with E-state index in [0.717, 1.165) is 17.6 Å². The SMILES string of the molecule is CCOCCOCCOCCOCC[N+](C)(C)CCCCS(=O)(=O)[O-]. The van der Waals surface area contributed by atoms with Crippen LogP contribution in [-0.2, 0) is 29.1 Å². The topological polar surface area (TPSA) is 94.1 Å². The highest BCUT2D eigenvalue weighted by Gasteiger charge is 2.14. The fourth-order valence-electron chi connectivity index (χ4n) is 2.05. The number of quaternary nitrogens is 1. The molecular formula is C16H35NO7S. The van der Waals surface area contributed by atoms with Crippen LogP contribution in [0.2, 0.25) is 0 Å². The van der Waals surface area contributed by atoms with Gasteiger partial charge >= 0.3 is 0 Å². The summed E-state index contributed by atoms with van der Waals surface area (Å²) in [6, 6.07) is 0. The highest BCUT2D eigenvalue weighted by molar-refractivity contribution is 7.85. The van der Waals surface area contributed by atoms with Gasteiger partial charge in [0, 0.05) is 12.4 Å². The second-order valence-corrected chi connectivity index (χ2v) is 7.91. The van der Waals surface area contributed by atoms with Crippen molar-refractivity contribution in [1.82, 2.24) is 0 Å². The van der Waals surface area contributed by atoms with Gasteiger partial charge < -0.3 is 28.0 Å². The molecule has 0 unspecified atom stereocenters. The maximum atomic E-state index is 10.5. The third kappa shape index (κ3) is 19.9. The molecule has 152 valence electrons. The molecule has 0 aliphatic heterocycles. The Balaban J connectivity index is 3.39. The molecule has 0 amide bonds. The molecule has 0 N–H and O–H groups in total. The third-order valence-corrected chi connectivity index (χ3v) is 4.36. The van der Waals surface area contributed by atoms with Crippen molar-refractivity contribution < 1.29 is 36.4 Å². The third-order valence-electron chi connectivity index (χ3n) is 3.57. The normalized spacial score (nSPS) is 12.6. The minimum atomic E-state index is -4.09. The van der Waals surface area contributed by atoms with Gasteiger partial charge in [-0.15, -0.1) is 0 Å². The van der Waals surface area contributed by atoms with Crippen LogP contribution < -0.4 is 0 Å². The summed E-state index contributed by atoms with van der Waals surface area (Å²) in [5, 5.41) is 0. The van der Waals surface area contributed by atoms with Crippen molar-refractivity contribution in [3.05, 3.63) is 0 Å². The van der Waals surface area contributed by atoms with Gasteiger partial charge in [0.25, 0.3) is 0 Å². The zero-order valence-corrected chi connectivity index (χ0v) is 16.7. The summed E-state index contributed by atoms with van der Waals surface area (Å²) in [5.41, 5.74) is 0. The van der Waals surface area contributed by atoms with E-state index in [1.54, 1.807) is 0 Å². The average molecular weight is 386 g/mol. The van der Waals surface area contributed by atoms with Gasteiger partial charge in [-0.1, -0.05) is 0 Å². The second-order valence-electron chi connectivity index (χ2n) is 6.39. The molecule has 0 spiro atoms. The molecule has 0 fully saturated rings. The molecule has 0 saturated carbocycles. The average Bonchev–Trinajstić information content (AvgIpc) is 2.52. The standard InChI is InChI=1S/C16H35NO7S/c1-4-21-10-11-23-14-15-24-13-12-22-9-8-17(2,3)7-5-6-16-25(18,19)20/h4-16H2,1-3H3. The molecule has 0 saturated heterocycles. The molecule has 0 radical (unpaired) electrons. The van der Waals surface area contributed by atoms with Crippen LogP contribution in [0, 0.1) is 0 Å². The molecule has 0 aromatic rings. The van der Waals surface area contributed by atoms with Crippen LogP contribution in [0.5, 0.6) is 0 Å². The van der Waals surface area contributed by atoms with Gasteiger partial charge in [-0.25, -0.2) is 8.42 Å². The molecule has 0 rings (SSSR count). The summed E-state index contributed by atoms with van der Waals surface area (Å²) in [5.74, 6) is -0.282. The Kier molecular flexibility index (Phi) is 14.7. The van der Waals surface area contributed by atoms with Gasteiger partial charge in [0.15, 0.2) is 0 Å². The van der Waals surface area contributed by atoms with Crippen molar-refractivity contribution in [3.8, 4) is 0 Å². The number of hydrogen-bond donors (Lipinski definition) is 0. The van der Waals surface area contributed by atoms with Crippen molar-refractivity contribution in [2.24, 2.45) is 0 Å². The van der Waals surface area contributed by atoms with Crippen LogP contribution in [0.25, 0.3) is 0 Å². The van der Waals surface area contributed by atoms with E-state index in [9.17, 15) is 13.0 Å². The predicted octanol–water partition coefficient (Wildman–Crippen LogP) is 0.475. The van der Waals surface area contributed by atoms with Crippen molar-refractivity contribution in [2.75, 3.05) is 85.8 Å². The summed E-state index contributed by atoms with van der Waals surface area (Å²) in [6.07, 6.45) is 1.12. The summed E-state index contributed by atoms with van der Waals surface area (Å²) in [7, 11) is 0.0286. The first-order valence-corrected chi connectivity index (χ1v) is 10.4. The van der Waals surface area contributed by atoms with E-state index in [-0.39, 0.29) is 5.75 Å². The first-order chi connectivity index (χ1) is 11.8. The van der Waals surface area contributed by atoms with E-state index in [1.165, 1.54) is 0 Å². The number of nitrogens with zero attached hydrogens (tertiary/aromatic N) is 1. The Labute approximate surface area is 152 Å². The van der Waals surface area contributed by atoms with E-state index in [0.29, 0.717) is 65.7 Å². The molecule has 0 aliphatic carbocycles. The number of unbranched alkanes of at least 4 members (excludes halogenated alkanes) is 1. The van der Waals surface area contributed by atoms with Gasteiger partial charge in [0.05, 0.1) is 77.0 Å². The zero-order valence-electron chi connectivity index (χ0n) is 15.9. The molecule has 0 aromatic heterocycles. The maximum Gasteiger partial charge on any atom is 0.102 e. The first kappa shape index (κ1) is 24.7. The van der Waals surface area contributed by atoms with E-state index < -0.39 is 10.1 Å². The van der Waals surface area contributed by atoms with Gasteiger partial charge in [0.2, 0.25) is 0 Å². The Bertz CT molecular complexity index is 401. The number of hydrogen-bond acceptors (Lipinski definition) is 7. The van der Waals surface area contributed by atoms with Gasteiger partial charge in [-0.05, 0) is 19.8 Å². The lowest BCUT2D eigenvalue weighted by Crippen LogP contribution is -2.43. The predicted molar refractivity (Wildman–Crippen MR) is 94.6 cm³/mol. The summed E-state index contributed by atoms with van der Waals surface area (Å²) in [4.78, 5) is 0. The van der Waals surface area contributed by atoms with Crippen LogP contribution in [0.3, 0.4) is 0 Å². The van der Waals surface area contributed by atoms with E-state index in [1.807, 2.05) is 6.92 Å². The van der Waals surface area contributed by atoms with E-state index in [4.69, 9.17) is 18.9 Å². The zero-order chi connectivity index (χ0) is 19.0. The van der Waals surface area contributed by atoms with Crippen molar-refractivity contribution in [1.29, 1.82) is 0 Å². The van der Waals surface area contributed by atoms with Crippen LogP contribution >= 0.6 is 0 Å². The van der Waals surface area contributed by atoms with Crippen LogP contribution in [0.4, 0.5) is 0 Å². The van der Waals surface area contributed by atoms with Crippen molar-refractivity contribution in [3.63, 3.8) is 0 Å². The van der Waals surface area contributed by atoms with Crippen LogP contribution in [0.1, 0.15) is 19.8 Å². The Morgan fingerprint density at radius 2 is 1.24 bits per heavy atom. The van der Waals surface area contributed by atoms with Crippen molar-refractivity contribution in [2.45, 2.75) is 19.8 Å². The van der Waals surface area contributed by atoms with Gasteiger partial charge in [-0.2, -0.15) is 0 Å². The molecule has 0 heterocycles. The number of ether oxygens (including phenoxy) is 4. The smallest absolute Gasteiger partial charge is 0.102 e. The van der Waals surface area contributed by atoms with Crippen LogP contribution in [0.15, 0.2) is 0 Å². The lowest BCUT2D eigenvalue weighted by atomic mass is 10.3. The monoisotopic (exact) mass is 385 g/mol. The van der Waals surface area contributed by atoms with E-state index >= 15 is 0 Å². The second kappa shape index (κ2) is 14.8. The molecule has 0 atom stereocenters. The molecular weight excluding hydrogens is 350 g/mol. The Hall–Kier alpha value is -0.290. The quantitative estimate of drug-likeness (QED) is 0.192. The highest BCUT2D eigenvalue weighted by Crippen LogP contribution is 2.03. The molecule has 0 aromatic carbocycles. The molecule has 8 nitrogen and oxygen atoms in total. The Morgan fingerprint density at radius 3 is 1.72 bits per heavy atom. The van der Waals surface area contributed by atoms with Crippen LogP contribution in [-0.4, -0.2) is 103 Å². The minimum Gasteiger partial charge on any atom is -0.748 e. The van der Waals surface area contributed by atoms with E-state index in [2.05, 4.69) is 14.1 Å². The first-order valence-electron chi connectivity index (χ1n) is 8.83. The molecule has 25 heavy (non-hydrogen) atoms. The van der Waals surface area contributed by atoms with Gasteiger partial charge in [-0.3, -0.25) is 0 Å². The minimum absolute atomic E-state index is 0.282. The fourth-order valence-corrected chi connectivity index (χ4v) is 2.60. The highest BCUT2D eigenvalue weighted by atomic mass is 32.2. The molecule has 0 aliphatic rings. The lowest BCUT2D eigenvalue weighted by molar-refractivity contribution is -0.890. The van der Waals surface area contributed by atoms with Crippen molar-refractivity contribution >= 4 is 10.1 Å². The summed E-state index contributed by atoms with van der Waals surface area (Å²) in [6.45, 7) is 8.26. The molecule has 9 heteroatoms. The van der Waals surface area contributed by atoms with Gasteiger partial charge in [0.1, 0.15) is 6.54 Å². The number of rotatable bonds is 18. The lowest BCUT2D eigenvalue weighted by Gasteiger charge is -2.29. The largest absolute Gasteiger partial charge is 0.748 e. The summed E-state index contributed by atoms with van der Waals surface area (Å²) < 4.78 is 53.8. The maximum absolute atomic E-state index is 10.5.